The Morgan fingerprint density at radius 2 is 1.86 bits per heavy atom. The Hall–Kier alpha value is -2.78. The van der Waals surface area contributed by atoms with Gasteiger partial charge in [0, 0.05) is 12.2 Å². The van der Waals surface area contributed by atoms with Crippen LogP contribution in [-0.4, -0.2) is 40.5 Å². The summed E-state index contributed by atoms with van der Waals surface area (Å²) in [6, 6.07) is 9.99. The van der Waals surface area contributed by atoms with Gasteiger partial charge >= 0.3 is 5.97 Å². The average Bonchev–Trinajstić information content (AvgIpc) is 2.68. The molecule has 9 heteroatoms. The number of carbonyl (C=O) groups is 2. The van der Waals surface area contributed by atoms with Gasteiger partial charge in [-0.05, 0) is 50.7 Å². The van der Waals surface area contributed by atoms with Gasteiger partial charge in [0.05, 0.1) is 10.5 Å². The molecule has 0 aliphatic carbocycles. The molecule has 0 bridgehead atoms. The number of anilines is 1. The Balaban J connectivity index is 2.16. The molecule has 0 aromatic heterocycles. The lowest BCUT2D eigenvalue weighted by molar-refractivity contribution is -0.121. The highest BCUT2D eigenvalue weighted by atomic mass is 32.2. The number of aryl methyl sites for hydroxylation is 1. The van der Waals surface area contributed by atoms with E-state index in [1.54, 1.807) is 19.1 Å². The van der Waals surface area contributed by atoms with Crippen LogP contribution < -0.4 is 9.62 Å². The second-order valence-electron chi connectivity index (χ2n) is 5.85. The predicted molar refractivity (Wildman–Crippen MR) is 102 cm³/mol. The normalized spacial score (nSPS) is 11.1. The number of esters is 1. The lowest BCUT2D eigenvalue weighted by atomic mass is 10.2. The Labute approximate surface area is 163 Å². The third kappa shape index (κ3) is 4.73. The summed E-state index contributed by atoms with van der Waals surface area (Å²) >= 11 is 0. The Morgan fingerprint density at radius 3 is 2.46 bits per heavy atom. The molecule has 0 radical (unpaired) electrons. The van der Waals surface area contributed by atoms with Crippen LogP contribution in [0.15, 0.2) is 47.4 Å². The van der Waals surface area contributed by atoms with E-state index in [0.29, 0.717) is 12.2 Å². The van der Waals surface area contributed by atoms with Crippen LogP contribution in [-0.2, 0) is 19.6 Å². The smallest absolute Gasteiger partial charge is 0.341 e. The summed E-state index contributed by atoms with van der Waals surface area (Å²) in [7, 11) is -2.67. The van der Waals surface area contributed by atoms with Crippen molar-refractivity contribution >= 4 is 27.6 Å². The van der Waals surface area contributed by atoms with E-state index >= 15 is 0 Å². The van der Waals surface area contributed by atoms with Gasteiger partial charge in [0.15, 0.2) is 6.61 Å². The second-order valence-corrected chi connectivity index (χ2v) is 7.74. The number of nitrogens with zero attached hydrogens (tertiary/aromatic N) is 1. The average molecular weight is 408 g/mol. The van der Waals surface area contributed by atoms with Crippen LogP contribution in [0.5, 0.6) is 0 Å². The van der Waals surface area contributed by atoms with Crippen molar-refractivity contribution in [1.29, 1.82) is 0 Å². The number of amides is 1. The summed E-state index contributed by atoms with van der Waals surface area (Å²) in [5.41, 5.74) is 0.988. The molecule has 1 amide bonds. The Bertz CT molecular complexity index is 992. The molecule has 28 heavy (non-hydrogen) atoms. The Kier molecular flexibility index (Phi) is 6.87. The third-order valence-electron chi connectivity index (χ3n) is 4.09. The molecule has 0 heterocycles. The minimum atomic E-state index is -3.86. The Morgan fingerprint density at radius 1 is 1.18 bits per heavy atom. The van der Waals surface area contributed by atoms with Crippen molar-refractivity contribution in [3.8, 4) is 0 Å². The fraction of sp³-hybridized carbons (Fsp3) is 0.263. The number of likely N-dealkylation sites (N-methyl/N-ethyl adjacent to an activating group) is 1. The first-order chi connectivity index (χ1) is 13.2. The highest BCUT2D eigenvalue weighted by Crippen LogP contribution is 2.20. The van der Waals surface area contributed by atoms with E-state index in [1.807, 2.05) is 19.1 Å². The van der Waals surface area contributed by atoms with Gasteiger partial charge in [0.25, 0.3) is 5.91 Å². The molecule has 0 spiro atoms. The molecule has 0 atom stereocenters. The fourth-order valence-electron chi connectivity index (χ4n) is 2.58. The number of para-hydroxylation sites is 1. The molecule has 2 rings (SSSR count). The molecule has 0 fully saturated rings. The van der Waals surface area contributed by atoms with E-state index in [2.05, 4.69) is 4.72 Å². The van der Waals surface area contributed by atoms with Crippen LogP contribution in [0.1, 0.15) is 22.8 Å². The van der Waals surface area contributed by atoms with Crippen molar-refractivity contribution in [2.75, 3.05) is 25.1 Å². The number of halogens is 1. The van der Waals surface area contributed by atoms with Gasteiger partial charge < -0.3 is 9.64 Å². The standard InChI is InChI=1S/C19H21FN2O5S/c1-4-22(17-8-6-5-7-13(17)2)18(23)12-27-19(24)15-11-14(9-10-16(15)20)28(25,26)21-3/h5-11,21H,4,12H2,1-3H3. The van der Waals surface area contributed by atoms with Crippen molar-refractivity contribution in [2.45, 2.75) is 18.7 Å². The number of hydrogen-bond acceptors (Lipinski definition) is 5. The van der Waals surface area contributed by atoms with Crippen LogP contribution >= 0.6 is 0 Å². The minimum Gasteiger partial charge on any atom is -0.452 e. The molecule has 0 saturated carbocycles. The second kappa shape index (κ2) is 8.94. The maximum Gasteiger partial charge on any atom is 0.341 e. The first-order valence-electron chi connectivity index (χ1n) is 8.47. The largest absolute Gasteiger partial charge is 0.452 e. The van der Waals surface area contributed by atoms with Gasteiger partial charge in [-0.2, -0.15) is 0 Å². The zero-order chi connectivity index (χ0) is 20.9. The molecule has 0 aliphatic rings. The fourth-order valence-corrected chi connectivity index (χ4v) is 3.33. The molecule has 0 saturated heterocycles. The highest BCUT2D eigenvalue weighted by molar-refractivity contribution is 7.89. The zero-order valence-corrected chi connectivity index (χ0v) is 16.5. The summed E-state index contributed by atoms with van der Waals surface area (Å²) in [4.78, 5) is 25.8. The minimum absolute atomic E-state index is 0.287. The maximum absolute atomic E-state index is 14.0. The van der Waals surface area contributed by atoms with Gasteiger partial charge in [-0.25, -0.2) is 22.3 Å². The number of nitrogens with one attached hydrogen (secondary N) is 1. The maximum atomic E-state index is 14.0. The molecule has 7 nitrogen and oxygen atoms in total. The number of benzene rings is 2. The molecular weight excluding hydrogens is 387 g/mol. The van der Waals surface area contributed by atoms with Crippen LogP contribution in [0, 0.1) is 12.7 Å². The molecule has 2 aromatic carbocycles. The SMILES string of the molecule is CCN(C(=O)COC(=O)c1cc(S(=O)(=O)NC)ccc1F)c1ccccc1C. The van der Waals surface area contributed by atoms with Crippen LogP contribution in [0.2, 0.25) is 0 Å². The highest BCUT2D eigenvalue weighted by Gasteiger charge is 2.22. The van der Waals surface area contributed by atoms with Crippen molar-refractivity contribution in [3.05, 3.63) is 59.4 Å². The lowest BCUT2D eigenvalue weighted by Gasteiger charge is -2.22. The summed E-state index contributed by atoms with van der Waals surface area (Å²) in [5, 5.41) is 0. The van der Waals surface area contributed by atoms with E-state index < -0.39 is 39.9 Å². The number of sulfonamides is 1. The predicted octanol–water partition coefficient (Wildman–Crippen LogP) is 2.25. The van der Waals surface area contributed by atoms with Crippen LogP contribution in [0.4, 0.5) is 10.1 Å². The number of ether oxygens (including phenoxy) is 1. The third-order valence-corrected chi connectivity index (χ3v) is 5.50. The molecule has 0 unspecified atom stereocenters. The van der Waals surface area contributed by atoms with E-state index in [9.17, 15) is 22.4 Å². The summed E-state index contributed by atoms with van der Waals surface area (Å²) in [6.45, 7) is 3.37. The molecular formula is C19H21FN2O5S. The first kappa shape index (κ1) is 21.5. The van der Waals surface area contributed by atoms with E-state index in [4.69, 9.17) is 4.74 Å². The van der Waals surface area contributed by atoms with Gasteiger partial charge in [-0.3, -0.25) is 4.79 Å². The number of rotatable bonds is 7. The van der Waals surface area contributed by atoms with Crippen LogP contribution in [0.25, 0.3) is 0 Å². The summed E-state index contributed by atoms with van der Waals surface area (Å²) in [5.74, 6) is -2.55. The zero-order valence-electron chi connectivity index (χ0n) is 15.7. The molecule has 2 aromatic rings. The van der Waals surface area contributed by atoms with Crippen LogP contribution in [0.3, 0.4) is 0 Å². The lowest BCUT2D eigenvalue weighted by Crippen LogP contribution is -2.35. The monoisotopic (exact) mass is 408 g/mol. The summed E-state index contributed by atoms with van der Waals surface area (Å²) in [6.07, 6.45) is 0. The van der Waals surface area contributed by atoms with Crippen molar-refractivity contribution < 1.29 is 27.1 Å². The molecule has 1 N–H and O–H groups in total. The van der Waals surface area contributed by atoms with Gasteiger partial charge in [0.1, 0.15) is 5.82 Å². The van der Waals surface area contributed by atoms with Crippen molar-refractivity contribution in [3.63, 3.8) is 0 Å². The van der Waals surface area contributed by atoms with Crippen molar-refractivity contribution in [1.82, 2.24) is 4.72 Å². The number of carbonyl (C=O) groups excluding carboxylic acids is 2. The summed E-state index contributed by atoms with van der Waals surface area (Å²) < 4.78 is 44.6. The molecule has 0 aliphatic heterocycles. The topological polar surface area (TPSA) is 92.8 Å². The van der Waals surface area contributed by atoms with E-state index in [0.717, 1.165) is 23.8 Å². The van der Waals surface area contributed by atoms with Gasteiger partial charge in [-0.1, -0.05) is 18.2 Å². The van der Waals surface area contributed by atoms with E-state index in [1.165, 1.54) is 11.9 Å². The van der Waals surface area contributed by atoms with E-state index in [-0.39, 0.29) is 4.90 Å². The van der Waals surface area contributed by atoms with Gasteiger partial charge in [0.2, 0.25) is 10.0 Å². The van der Waals surface area contributed by atoms with Gasteiger partial charge in [-0.15, -0.1) is 0 Å². The number of hydrogen-bond donors (Lipinski definition) is 1. The molecule has 150 valence electrons. The quantitative estimate of drug-likeness (QED) is 0.710. The first-order valence-corrected chi connectivity index (χ1v) is 9.95. The van der Waals surface area contributed by atoms with Crippen molar-refractivity contribution in [2.24, 2.45) is 0 Å².